The maximum Gasteiger partial charge on any atom is 0.176 e. The Bertz CT molecular complexity index is 466. The van der Waals surface area contributed by atoms with Gasteiger partial charge in [0.15, 0.2) is 5.78 Å². The molecule has 1 saturated heterocycles. The van der Waals surface area contributed by atoms with Crippen LogP contribution < -0.4 is 0 Å². The summed E-state index contributed by atoms with van der Waals surface area (Å²) in [5.74, 6) is 0.253. The monoisotopic (exact) mass is 259 g/mol. The predicted octanol–water partition coefficient (Wildman–Crippen LogP) is 3.61. The zero-order chi connectivity index (χ0) is 14.0. The number of ketones is 1. The average molecular weight is 259 g/mol. The minimum atomic E-state index is 0.253. The lowest BCUT2D eigenvalue weighted by Crippen LogP contribution is -2.40. The highest BCUT2D eigenvalue weighted by Gasteiger charge is 2.26. The Hall–Kier alpha value is -1.15. The maximum atomic E-state index is 12.3. The van der Waals surface area contributed by atoms with E-state index >= 15 is 0 Å². The normalized spacial score (nSPS) is 19.4. The molecule has 1 fully saturated rings. The number of nitrogens with zero attached hydrogens (tertiary/aromatic N) is 1. The van der Waals surface area contributed by atoms with E-state index in [1.54, 1.807) is 0 Å². The van der Waals surface area contributed by atoms with Crippen LogP contribution in [0.5, 0.6) is 0 Å². The van der Waals surface area contributed by atoms with E-state index in [1.165, 1.54) is 24.0 Å². The number of carbonyl (C=O) groups is 1. The summed E-state index contributed by atoms with van der Waals surface area (Å²) in [4.78, 5) is 14.6. The molecule has 0 bridgehead atoms. The summed E-state index contributed by atoms with van der Waals surface area (Å²) in [5, 5.41) is 0. The molecule has 2 nitrogen and oxygen atoms in total. The summed E-state index contributed by atoms with van der Waals surface area (Å²) in [6.45, 7) is 11.4. The van der Waals surface area contributed by atoms with Crippen molar-refractivity contribution in [2.24, 2.45) is 5.41 Å². The van der Waals surface area contributed by atoms with E-state index in [9.17, 15) is 4.79 Å². The Morgan fingerprint density at radius 3 is 2.37 bits per heavy atom. The molecule has 0 amide bonds. The van der Waals surface area contributed by atoms with Crippen LogP contribution in [-0.4, -0.2) is 30.3 Å². The SMILES string of the molecule is Cc1ccc(C(=O)CN2CCC(C)(C)CC2)cc1C. The van der Waals surface area contributed by atoms with Gasteiger partial charge in [0.05, 0.1) is 6.54 Å². The smallest absolute Gasteiger partial charge is 0.176 e. The molecule has 1 aliphatic rings. The second kappa shape index (κ2) is 5.46. The largest absolute Gasteiger partial charge is 0.296 e. The molecule has 19 heavy (non-hydrogen) atoms. The van der Waals surface area contributed by atoms with Crippen LogP contribution in [0.4, 0.5) is 0 Å². The first-order chi connectivity index (χ1) is 8.87. The van der Waals surface area contributed by atoms with E-state index in [4.69, 9.17) is 0 Å². The predicted molar refractivity (Wildman–Crippen MR) is 79.7 cm³/mol. The van der Waals surface area contributed by atoms with Gasteiger partial charge in [0.1, 0.15) is 0 Å². The number of piperidine rings is 1. The van der Waals surface area contributed by atoms with Gasteiger partial charge in [-0.1, -0.05) is 26.0 Å². The Morgan fingerprint density at radius 1 is 1.16 bits per heavy atom. The number of likely N-dealkylation sites (tertiary alicyclic amines) is 1. The fraction of sp³-hybridized carbons (Fsp3) is 0.588. The van der Waals surface area contributed by atoms with Crippen LogP contribution >= 0.6 is 0 Å². The zero-order valence-corrected chi connectivity index (χ0v) is 12.6. The van der Waals surface area contributed by atoms with Crippen molar-refractivity contribution in [3.05, 3.63) is 34.9 Å². The third-order valence-electron chi connectivity index (χ3n) is 4.41. The Morgan fingerprint density at radius 2 is 1.79 bits per heavy atom. The molecule has 1 aliphatic heterocycles. The zero-order valence-electron chi connectivity index (χ0n) is 12.6. The van der Waals surface area contributed by atoms with E-state index in [-0.39, 0.29) is 5.78 Å². The molecule has 2 heteroatoms. The third kappa shape index (κ3) is 3.66. The van der Waals surface area contributed by atoms with Crippen LogP contribution in [0.15, 0.2) is 18.2 Å². The second-order valence-electron chi connectivity index (χ2n) is 6.66. The summed E-state index contributed by atoms with van der Waals surface area (Å²) in [7, 11) is 0. The highest BCUT2D eigenvalue weighted by Crippen LogP contribution is 2.29. The minimum absolute atomic E-state index is 0.253. The molecule has 0 atom stereocenters. The highest BCUT2D eigenvalue weighted by atomic mass is 16.1. The number of carbonyl (C=O) groups excluding carboxylic acids is 1. The molecule has 104 valence electrons. The number of Topliss-reactive ketones (excluding diaryl/α,β-unsaturated/α-hetero) is 1. The topological polar surface area (TPSA) is 20.3 Å². The van der Waals surface area contributed by atoms with E-state index in [0.717, 1.165) is 18.7 Å². The van der Waals surface area contributed by atoms with Crippen LogP contribution in [0.25, 0.3) is 0 Å². The van der Waals surface area contributed by atoms with Crippen LogP contribution in [0.2, 0.25) is 0 Å². The first-order valence-corrected chi connectivity index (χ1v) is 7.20. The second-order valence-corrected chi connectivity index (χ2v) is 6.66. The summed E-state index contributed by atoms with van der Waals surface area (Å²) < 4.78 is 0. The van der Waals surface area contributed by atoms with E-state index in [0.29, 0.717) is 12.0 Å². The number of rotatable bonds is 3. The first kappa shape index (κ1) is 14.3. The molecular formula is C17H25NO. The van der Waals surface area contributed by atoms with Gasteiger partial charge >= 0.3 is 0 Å². The summed E-state index contributed by atoms with van der Waals surface area (Å²) in [5.41, 5.74) is 3.75. The lowest BCUT2D eigenvalue weighted by atomic mass is 9.82. The van der Waals surface area contributed by atoms with Crippen molar-refractivity contribution in [3.63, 3.8) is 0 Å². The van der Waals surface area contributed by atoms with Crippen LogP contribution in [-0.2, 0) is 0 Å². The van der Waals surface area contributed by atoms with Crippen molar-refractivity contribution >= 4 is 5.78 Å². The molecule has 0 radical (unpaired) electrons. The molecule has 1 heterocycles. The Labute approximate surface area is 116 Å². The Kier molecular flexibility index (Phi) is 4.10. The number of benzene rings is 1. The van der Waals surface area contributed by atoms with E-state index in [1.807, 2.05) is 18.2 Å². The molecule has 0 saturated carbocycles. The molecule has 2 rings (SSSR count). The fourth-order valence-corrected chi connectivity index (χ4v) is 2.53. The van der Waals surface area contributed by atoms with Crippen molar-refractivity contribution in [2.75, 3.05) is 19.6 Å². The number of aryl methyl sites for hydroxylation is 2. The molecular weight excluding hydrogens is 234 g/mol. The average Bonchev–Trinajstić information content (AvgIpc) is 2.35. The molecule has 0 unspecified atom stereocenters. The van der Waals surface area contributed by atoms with Gasteiger partial charge in [0, 0.05) is 5.56 Å². The van der Waals surface area contributed by atoms with E-state index in [2.05, 4.69) is 32.6 Å². The van der Waals surface area contributed by atoms with Crippen molar-refractivity contribution < 1.29 is 4.79 Å². The van der Waals surface area contributed by atoms with Gasteiger partial charge in [-0.25, -0.2) is 0 Å². The van der Waals surface area contributed by atoms with Gasteiger partial charge in [0.2, 0.25) is 0 Å². The Balaban J connectivity index is 1.96. The van der Waals surface area contributed by atoms with Gasteiger partial charge in [-0.3, -0.25) is 9.69 Å². The van der Waals surface area contributed by atoms with Crippen LogP contribution in [0.3, 0.4) is 0 Å². The van der Waals surface area contributed by atoms with Gasteiger partial charge < -0.3 is 0 Å². The molecule has 0 aliphatic carbocycles. The van der Waals surface area contributed by atoms with Crippen LogP contribution in [0.1, 0.15) is 48.2 Å². The van der Waals surface area contributed by atoms with Crippen molar-refractivity contribution in [2.45, 2.75) is 40.5 Å². The van der Waals surface area contributed by atoms with Crippen LogP contribution in [0, 0.1) is 19.3 Å². The van der Waals surface area contributed by atoms with Crippen molar-refractivity contribution in [3.8, 4) is 0 Å². The van der Waals surface area contributed by atoms with Crippen molar-refractivity contribution in [1.82, 2.24) is 4.90 Å². The standard InChI is InChI=1S/C17H25NO/c1-13-5-6-15(11-14(13)2)16(19)12-18-9-7-17(3,4)8-10-18/h5-6,11H,7-10,12H2,1-4H3. The first-order valence-electron chi connectivity index (χ1n) is 7.20. The molecule has 1 aromatic carbocycles. The van der Waals surface area contributed by atoms with Gasteiger partial charge in [-0.15, -0.1) is 0 Å². The van der Waals surface area contributed by atoms with E-state index < -0.39 is 0 Å². The highest BCUT2D eigenvalue weighted by molar-refractivity contribution is 5.97. The molecule has 0 spiro atoms. The quantitative estimate of drug-likeness (QED) is 0.773. The lowest BCUT2D eigenvalue weighted by Gasteiger charge is -2.36. The van der Waals surface area contributed by atoms with Gasteiger partial charge in [-0.05, 0) is 62.4 Å². The number of hydrogen-bond acceptors (Lipinski definition) is 2. The maximum absolute atomic E-state index is 12.3. The summed E-state index contributed by atoms with van der Waals surface area (Å²) >= 11 is 0. The third-order valence-corrected chi connectivity index (χ3v) is 4.41. The molecule has 0 N–H and O–H groups in total. The van der Waals surface area contributed by atoms with Crippen molar-refractivity contribution in [1.29, 1.82) is 0 Å². The summed E-state index contributed by atoms with van der Waals surface area (Å²) in [6.07, 6.45) is 2.38. The lowest BCUT2D eigenvalue weighted by molar-refractivity contribution is 0.0845. The summed E-state index contributed by atoms with van der Waals surface area (Å²) in [6, 6.07) is 6.02. The fourth-order valence-electron chi connectivity index (χ4n) is 2.53. The minimum Gasteiger partial charge on any atom is -0.296 e. The van der Waals surface area contributed by atoms with Gasteiger partial charge in [0.25, 0.3) is 0 Å². The molecule has 0 aromatic heterocycles. The van der Waals surface area contributed by atoms with Gasteiger partial charge in [-0.2, -0.15) is 0 Å². The molecule has 1 aromatic rings. The number of hydrogen-bond donors (Lipinski definition) is 0.